The Labute approximate surface area is 144 Å². The first-order valence-corrected chi connectivity index (χ1v) is 7.85. The Bertz CT molecular complexity index is 702. The number of rotatable bonds is 4. The molecule has 3 nitrogen and oxygen atoms in total. The van der Waals surface area contributed by atoms with E-state index in [1.165, 1.54) is 7.11 Å². The van der Waals surface area contributed by atoms with E-state index in [0.717, 1.165) is 4.47 Å². The molecule has 0 aromatic heterocycles. The molecule has 0 atom stereocenters. The van der Waals surface area contributed by atoms with E-state index in [0.29, 0.717) is 32.1 Å². The molecule has 0 saturated heterocycles. The number of halogens is 3. The molecule has 0 N–H and O–H groups in total. The van der Waals surface area contributed by atoms with Crippen LogP contribution in [0.5, 0.6) is 11.5 Å². The fourth-order valence-electron chi connectivity index (χ4n) is 1.83. The van der Waals surface area contributed by atoms with Gasteiger partial charge in [-0.25, -0.2) is 0 Å². The van der Waals surface area contributed by atoms with Crippen LogP contribution in [0.1, 0.15) is 15.9 Å². The number of carbonyl (C=O) groups excluding carboxylic acids is 1. The minimum Gasteiger partial charge on any atom is -0.496 e. The Balaban J connectivity index is 2.53. The van der Waals surface area contributed by atoms with Gasteiger partial charge in [-0.05, 0) is 62.2 Å². The maximum absolute atomic E-state index is 12.7. The number of hydrogen-bond acceptors (Lipinski definition) is 3. The summed E-state index contributed by atoms with van der Waals surface area (Å²) >= 11 is 12.6. The van der Waals surface area contributed by atoms with Gasteiger partial charge in [0.25, 0.3) is 0 Å². The average molecular weight is 435 g/mol. The highest BCUT2D eigenvalue weighted by atomic mass is 79.9. The second-order valence-electron chi connectivity index (χ2n) is 4.15. The number of methoxy groups -OCH3 is 2. The van der Waals surface area contributed by atoms with Gasteiger partial charge < -0.3 is 9.47 Å². The maximum atomic E-state index is 12.7. The summed E-state index contributed by atoms with van der Waals surface area (Å²) in [5, 5.41) is 0.548. The van der Waals surface area contributed by atoms with E-state index >= 15 is 0 Å². The second-order valence-corrected chi connectivity index (χ2v) is 6.26. The molecule has 0 unspecified atom stereocenters. The van der Waals surface area contributed by atoms with Crippen molar-refractivity contribution in [3.63, 3.8) is 0 Å². The number of hydrogen-bond donors (Lipinski definition) is 0. The molecule has 0 radical (unpaired) electrons. The van der Waals surface area contributed by atoms with E-state index in [4.69, 9.17) is 21.1 Å². The normalized spacial score (nSPS) is 10.3. The molecule has 0 fully saturated rings. The second kappa shape index (κ2) is 6.81. The number of ether oxygens (including phenoxy) is 2. The molecule has 0 aliphatic heterocycles. The Kier molecular flexibility index (Phi) is 5.30. The molecular weight excluding hydrogens is 423 g/mol. The minimum absolute atomic E-state index is 0.171. The van der Waals surface area contributed by atoms with Crippen LogP contribution >= 0.6 is 43.5 Å². The third kappa shape index (κ3) is 3.42. The van der Waals surface area contributed by atoms with Crippen molar-refractivity contribution in [1.82, 2.24) is 0 Å². The highest BCUT2D eigenvalue weighted by Gasteiger charge is 2.18. The molecule has 0 saturated carbocycles. The lowest BCUT2D eigenvalue weighted by Gasteiger charge is -2.12. The van der Waals surface area contributed by atoms with Crippen molar-refractivity contribution in [2.75, 3.05) is 14.2 Å². The fourth-order valence-corrected chi connectivity index (χ4v) is 2.81. The smallest absolute Gasteiger partial charge is 0.196 e. The summed E-state index contributed by atoms with van der Waals surface area (Å²) in [6.07, 6.45) is 0. The molecule has 0 spiro atoms. The topological polar surface area (TPSA) is 35.5 Å². The van der Waals surface area contributed by atoms with E-state index in [-0.39, 0.29) is 5.78 Å². The van der Waals surface area contributed by atoms with Gasteiger partial charge in [0.15, 0.2) is 5.78 Å². The first-order valence-electron chi connectivity index (χ1n) is 5.89. The van der Waals surface area contributed by atoms with Crippen LogP contribution in [0.4, 0.5) is 0 Å². The first kappa shape index (κ1) is 16.3. The SMILES string of the molecule is COc1cc(C(=O)c2ccc(Cl)c(Br)c2)c(OC)cc1Br. The third-order valence-corrected chi connectivity index (χ3v) is 4.73. The molecule has 0 bridgehead atoms. The van der Waals surface area contributed by atoms with E-state index < -0.39 is 0 Å². The van der Waals surface area contributed by atoms with E-state index in [1.54, 1.807) is 37.4 Å². The van der Waals surface area contributed by atoms with E-state index in [9.17, 15) is 4.79 Å². The monoisotopic (exact) mass is 432 g/mol. The number of carbonyl (C=O) groups is 1. The molecule has 110 valence electrons. The largest absolute Gasteiger partial charge is 0.496 e. The van der Waals surface area contributed by atoms with Crippen molar-refractivity contribution < 1.29 is 14.3 Å². The molecule has 0 aliphatic rings. The molecular formula is C15H11Br2ClO3. The number of ketones is 1. The van der Waals surface area contributed by atoms with Crippen molar-refractivity contribution in [1.29, 1.82) is 0 Å². The van der Waals surface area contributed by atoms with Crippen LogP contribution in [0.2, 0.25) is 5.02 Å². The summed E-state index contributed by atoms with van der Waals surface area (Å²) < 4.78 is 11.9. The molecule has 2 rings (SSSR count). The Morgan fingerprint density at radius 1 is 1.00 bits per heavy atom. The molecule has 0 amide bonds. The van der Waals surface area contributed by atoms with Crippen LogP contribution in [0.25, 0.3) is 0 Å². The lowest BCUT2D eigenvalue weighted by molar-refractivity contribution is 0.103. The van der Waals surface area contributed by atoms with Gasteiger partial charge in [-0.15, -0.1) is 0 Å². The van der Waals surface area contributed by atoms with E-state index in [1.807, 2.05) is 0 Å². The van der Waals surface area contributed by atoms with Crippen LogP contribution in [-0.2, 0) is 0 Å². The summed E-state index contributed by atoms with van der Waals surface area (Å²) in [6.45, 7) is 0. The van der Waals surface area contributed by atoms with Crippen molar-refractivity contribution in [3.05, 3.63) is 55.4 Å². The van der Waals surface area contributed by atoms with Gasteiger partial charge in [0.2, 0.25) is 0 Å². The first-order chi connectivity index (χ1) is 9.97. The highest BCUT2D eigenvalue weighted by molar-refractivity contribution is 9.10. The van der Waals surface area contributed by atoms with Gasteiger partial charge in [0.05, 0.1) is 29.3 Å². The fraction of sp³-hybridized carbons (Fsp3) is 0.133. The molecule has 21 heavy (non-hydrogen) atoms. The van der Waals surface area contributed by atoms with Crippen molar-refractivity contribution in [2.24, 2.45) is 0 Å². The Hall–Kier alpha value is -1.04. The predicted molar refractivity (Wildman–Crippen MR) is 89.8 cm³/mol. The van der Waals surface area contributed by atoms with Crippen LogP contribution in [0.3, 0.4) is 0 Å². The Morgan fingerprint density at radius 2 is 1.67 bits per heavy atom. The van der Waals surface area contributed by atoms with E-state index in [2.05, 4.69) is 31.9 Å². The number of benzene rings is 2. The summed E-state index contributed by atoms with van der Waals surface area (Å²) in [6, 6.07) is 8.37. The zero-order valence-corrected chi connectivity index (χ0v) is 15.2. The molecule has 0 heterocycles. The van der Waals surface area contributed by atoms with Crippen molar-refractivity contribution in [3.8, 4) is 11.5 Å². The highest BCUT2D eigenvalue weighted by Crippen LogP contribution is 2.34. The van der Waals surface area contributed by atoms with Gasteiger partial charge >= 0.3 is 0 Å². The maximum Gasteiger partial charge on any atom is 0.196 e. The standard InChI is InChI=1S/C15H11Br2ClO3/c1-20-13-7-11(17)14(21-2)6-9(13)15(19)8-3-4-12(18)10(16)5-8/h3-7H,1-2H3. The minimum atomic E-state index is -0.171. The van der Waals surface area contributed by atoms with Gasteiger partial charge in [-0.3, -0.25) is 4.79 Å². The molecule has 2 aromatic carbocycles. The summed E-state index contributed by atoms with van der Waals surface area (Å²) in [5.41, 5.74) is 0.931. The van der Waals surface area contributed by atoms with Gasteiger partial charge in [0.1, 0.15) is 11.5 Å². The molecule has 2 aromatic rings. The quantitative estimate of drug-likeness (QED) is 0.627. The zero-order chi connectivity index (χ0) is 15.6. The summed E-state index contributed by atoms with van der Waals surface area (Å²) in [4.78, 5) is 12.7. The lowest BCUT2D eigenvalue weighted by atomic mass is 10.0. The summed E-state index contributed by atoms with van der Waals surface area (Å²) in [5.74, 6) is 0.862. The Morgan fingerprint density at radius 3 is 2.24 bits per heavy atom. The molecule has 6 heteroatoms. The predicted octanol–water partition coefficient (Wildman–Crippen LogP) is 5.11. The van der Waals surface area contributed by atoms with Gasteiger partial charge in [0, 0.05) is 10.0 Å². The molecule has 0 aliphatic carbocycles. The van der Waals surface area contributed by atoms with Crippen molar-refractivity contribution in [2.45, 2.75) is 0 Å². The third-order valence-electron chi connectivity index (χ3n) is 2.90. The van der Waals surface area contributed by atoms with Gasteiger partial charge in [-0.2, -0.15) is 0 Å². The average Bonchev–Trinajstić information content (AvgIpc) is 2.49. The van der Waals surface area contributed by atoms with Crippen LogP contribution in [0, 0.1) is 0 Å². The van der Waals surface area contributed by atoms with Crippen LogP contribution < -0.4 is 9.47 Å². The van der Waals surface area contributed by atoms with Crippen LogP contribution in [-0.4, -0.2) is 20.0 Å². The van der Waals surface area contributed by atoms with Crippen LogP contribution in [0.15, 0.2) is 39.3 Å². The van der Waals surface area contributed by atoms with Crippen molar-refractivity contribution >= 4 is 49.2 Å². The zero-order valence-electron chi connectivity index (χ0n) is 11.2. The lowest BCUT2D eigenvalue weighted by Crippen LogP contribution is -2.05. The summed E-state index contributed by atoms with van der Waals surface area (Å²) in [7, 11) is 3.06. The van der Waals surface area contributed by atoms with Gasteiger partial charge in [-0.1, -0.05) is 11.6 Å².